The number of nitrogens with zero attached hydrogens (tertiary/aromatic N) is 4. The molecule has 3 saturated heterocycles. The molecule has 13 nitrogen and oxygen atoms in total. The zero-order valence-electron chi connectivity index (χ0n) is 32.9. The van der Waals surface area contributed by atoms with Crippen LogP contribution < -0.4 is 15.4 Å². The van der Waals surface area contributed by atoms with E-state index in [0.717, 1.165) is 30.4 Å². The predicted octanol–water partition coefficient (Wildman–Crippen LogP) is 4.66. The molecule has 2 N–H and O–H groups in total. The maximum Gasteiger partial charge on any atom is 0.262 e. The summed E-state index contributed by atoms with van der Waals surface area (Å²) in [4.78, 5) is 34.5. The van der Waals surface area contributed by atoms with Crippen molar-refractivity contribution in [3.05, 3.63) is 93.5 Å². The average Bonchev–Trinajstić information content (AvgIpc) is 3.63. The van der Waals surface area contributed by atoms with Crippen LogP contribution in [0.4, 0.5) is 0 Å². The number of carbonyl (C=O) groups excluding carboxylic acids is 2. The Hall–Kier alpha value is -3.31. The Balaban J connectivity index is 1.39. The number of halogens is 2. The van der Waals surface area contributed by atoms with E-state index in [4.69, 9.17) is 37.4 Å². The molecule has 310 valence electrons. The van der Waals surface area contributed by atoms with E-state index in [-0.39, 0.29) is 29.9 Å². The standard InChI is InChI=1S/C41H54Cl2N6O7S/c1-4-56-36-17-16-34(57(52,53)49-18-6-5-7-19-49)28-35(36)41(40(51)48-22-20-46(21-23-48)29-37(50)47(24-26-54-2)25-27-55-3)44-38(30-8-12-32(42)13-9-30)39(45-41)31-10-14-33(43)15-11-31/h8-17,28,38-39,44-45H,4-7,18-27,29H2,1-3H3/t38-,39+,41?. The lowest BCUT2D eigenvalue weighted by Crippen LogP contribution is -2.62. The number of carbonyl (C=O) groups is 2. The summed E-state index contributed by atoms with van der Waals surface area (Å²) in [7, 11) is -0.685. The lowest BCUT2D eigenvalue weighted by Gasteiger charge is -2.41. The van der Waals surface area contributed by atoms with Gasteiger partial charge in [0.05, 0.1) is 43.3 Å². The molecule has 16 heteroatoms. The van der Waals surface area contributed by atoms with Gasteiger partial charge < -0.3 is 24.0 Å². The monoisotopic (exact) mass is 844 g/mol. The second-order valence-corrected chi connectivity index (χ2v) is 17.4. The molecule has 0 aliphatic carbocycles. The van der Waals surface area contributed by atoms with Crippen LogP contribution in [-0.2, 0) is 34.7 Å². The molecule has 3 aliphatic rings. The van der Waals surface area contributed by atoms with Crippen molar-refractivity contribution in [1.82, 2.24) is 29.6 Å². The molecule has 2 amide bonds. The van der Waals surface area contributed by atoms with Crippen LogP contribution in [0.2, 0.25) is 10.0 Å². The number of methoxy groups -OCH3 is 2. The first kappa shape index (κ1) is 43.3. The molecule has 0 saturated carbocycles. The number of nitrogens with one attached hydrogen (secondary N) is 2. The van der Waals surface area contributed by atoms with Crippen molar-refractivity contribution in [3.63, 3.8) is 0 Å². The number of benzene rings is 3. The van der Waals surface area contributed by atoms with Crippen LogP contribution in [0, 0.1) is 0 Å². The Labute approximate surface area is 346 Å². The molecule has 3 aromatic carbocycles. The van der Waals surface area contributed by atoms with Gasteiger partial charge in [0.15, 0.2) is 5.66 Å². The molecule has 0 aromatic heterocycles. The van der Waals surface area contributed by atoms with Gasteiger partial charge in [-0.05, 0) is 73.4 Å². The first-order chi connectivity index (χ1) is 27.5. The number of rotatable bonds is 16. The fraction of sp³-hybridized carbons (Fsp3) is 0.512. The molecule has 6 rings (SSSR count). The van der Waals surface area contributed by atoms with E-state index >= 15 is 4.79 Å². The lowest BCUT2D eigenvalue weighted by atomic mass is 9.95. The summed E-state index contributed by atoms with van der Waals surface area (Å²) in [6.45, 7) is 6.52. The number of sulfonamides is 1. The number of piperidine rings is 1. The molecule has 3 heterocycles. The highest BCUT2D eigenvalue weighted by Gasteiger charge is 2.55. The molecule has 1 unspecified atom stereocenters. The van der Waals surface area contributed by atoms with E-state index in [1.54, 1.807) is 42.2 Å². The molecule has 3 aliphatic heterocycles. The highest BCUT2D eigenvalue weighted by atomic mass is 35.5. The maximum absolute atomic E-state index is 15.5. The van der Waals surface area contributed by atoms with Gasteiger partial charge in [-0.15, -0.1) is 0 Å². The third kappa shape index (κ3) is 9.94. The van der Waals surface area contributed by atoms with Gasteiger partial charge in [-0.1, -0.05) is 53.9 Å². The van der Waals surface area contributed by atoms with E-state index in [1.165, 1.54) is 4.31 Å². The van der Waals surface area contributed by atoms with Gasteiger partial charge in [0.2, 0.25) is 15.9 Å². The quantitative estimate of drug-likeness (QED) is 0.210. The summed E-state index contributed by atoms with van der Waals surface area (Å²) < 4.78 is 46.6. The Kier molecular flexibility index (Phi) is 14.9. The Morgan fingerprint density at radius 3 is 1.84 bits per heavy atom. The Morgan fingerprint density at radius 2 is 1.33 bits per heavy atom. The van der Waals surface area contributed by atoms with Crippen molar-refractivity contribution in [3.8, 4) is 5.75 Å². The molecular weight excluding hydrogens is 791 g/mol. The number of hydrogen-bond donors (Lipinski definition) is 2. The molecule has 0 bridgehead atoms. The van der Waals surface area contributed by atoms with Crippen molar-refractivity contribution in [2.45, 2.75) is 48.8 Å². The van der Waals surface area contributed by atoms with Crippen LogP contribution >= 0.6 is 23.2 Å². The SMILES string of the molecule is CCOc1ccc(S(=O)(=O)N2CCCCC2)cc1C1(C(=O)N2CCN(CC(=O)N(CCOC)CCOC)CC2)N[C@H](c2ccc(Cl)cc2)[C@H](c2ccc(Cl)cc2)N1. The minimum atomic E-state index is -3.89. The van der Waals surface area contributed by atoms with Crippen LogP contribution in [0.3, 0.4) is 0 Å². The number of ether oxygens (including phenoxy) is 3. The van der Waals surface area contributed by atoms with Crippen molar-refractivity contribution in [2.24, 2.45) is 0 Å². The van der Waals surface area contributed by atoms with Gasteiger partial charge >= 0.3 is 0 Å². The largest absolute Gasteiger partial charge is 0.493 e. The maximum atomic E-state index is 15.5. The summed E-state index contributed by atoms with van der Waals surface area (Å²) in [5.74, 6) is 0.0508. The third-order valence-corrected chi connectivity index (χ3v) is 13.4. The number of piperazine rings is 1. The highest BCUT2D eigenvalue weighted by Crippen LogP contribution is 2.45. The van der Waals surface area contributed by atoms with Crippen molar-refractivity contribution in [2.75, 3.05) is 92.9 Å². The molecule has 3 atom stereocenters. The van der Waals surface area contributed by atoms with Crippen LogP contribution in [0.15, 0.2) is 71.6 Å². The first-order valence-electron chi connectivity index (χ1n) is 19.6. The van der Waals surface area contributed by atoms with E-state index in [0.29, 0.717) is 86.9 Å². The van der Waals surface area contributed by atoms with E-state index in [2.05, 4.69) is 10.6 Å². The minimum Gasteiger partial charge on any atom is -0.493 e. The smallest absolute Gasteiger partial charge is 0.262 e. The summed E-state index contributed by atoms with van der Waals surface area (Å²) in [5.41, 5.74) is 0.451. The zero-order valence-corrected chi connectivity index (χ0v) is 35.3. The van der Waals surface area contributed by atoms with E-state index < -0.39 is 27.8 Å². The third-order valence-electron chi connectivity index (χ3n) is 11.0. The van der Waals surface area contributed by atoms with Gasteiger partial charge in [0, 0.05) is 82.2 Å². The van der Waals surface area contributed by atoms with Crippen LogP contribution in [0.25, 0.3) is 0 Å². The molecule has 0 spiro atoms. The van der Waals surface area contributed by atoms with E-state index in [9.17, 15) is 13.2 Å². The Bertz CT molecular complexity index is 1860. The topological polar surface area (TPSA) is 133 Å². The van der Waals surface area contributed by atoms with Gasteiger partial charge in [0.1, 0.15) is 5.75 Å². The predicted molar refractivity (Wildman–Crippen MR) is 220 cm³/mol. The lowest BCUT2D eigenvalue weighted by molar-refractivity contribution is -0.142. The van der Waals surface area contributed by atoms with Gasteiger partial charge in [0.25, 0.3) is 5.91 Å². The first-order valence-corrected chi connectivity index (χ1v) is 21.8. The second-order valence-electron chi connectivity index (χ2n) is 14.6. The molecule has 57 heavy (non-hydrogen) atoms. The van der Waals surface area contributed by atoms with Gasteiger partial charge in [-0.2, -0.15) is 4.31 Å². The fourth-order valence-electron chi connectivity index (χ4n) is 7.86. The van der Waals surface area contributed by atoms with Gasteiger partial charge in [-0.3, -0.25) is 25.1 Å². The molecular formula is C41H54Cl2N6O7S. The molecule has 0 radical (unpaired) electrons. The van der Waals surface area contributed by atoms with Crippen LogP contribution in [0.5, 0.6) is 5.75 Å². The second kappa shape index (κ2) is 19.6. The van der Waals surface area contributed by atoms with Crippen molar-refractivity contribution >= 4 is 45.0 Å². The summed E-state index contributed by atoms with van der Waals surface area (Å²) in [5, 5.41) is 8.55. The summed E-state index contributed by atoms with van der Waals surface area (Å²) >= 11 is 12.7. The summed E-state index contributed by atoms with van der Waals surface area (Å²) in [6.07, 6.45) is 2.55. The van der Waals surface area contributed by atoms with Crippen LogP contribution in [-0.4, -0.2) is 132 Å². The Morgan fingerprint density at radius 1 is 0.789 bits per heavy atom. The minimum absolute atomic E-state index is 0.0378. The van der Waals surface area contributed by atoms with Crippen LogP contribution in [0.1, 0.15) is 55.0 Å². The molecule has 3 fully saturated rings. The van der Waals surface area contributed by atoms with Crippen molar-refractivity contribution in [1.29, 1.82) is 0 Å². The average molecular weight is 846 g/mol. The fourth-order valence-corrected chi connectivity index (χ4v) is 9.66. The highest BCUT2D eigenvalue weighted by molar-refractivity contribution is 7.89. The number of amides is 2. The summed E-state index contributed by atoms with van der Waals surface area (Å²) in [6, 6.07) is 18.8. The van der Waals surface area contributed by atoms with E-state index in [1.807, 2.05) is 60.4 Å². The zero-order chi connectivity index (χ0) is 40.6. The molecule has 3 aromatic rings. The van der Waals surface area contributed by atoms with Gasteiger partial charge in [-0.25, -0.2) is 8.42 Å². The van der Waals surface area contributed by atoms with Crippen molar-refractivity contribution < 1.29 is 32.2 Å². The number of hydrogen-bond acceptors (Lipinski definition) is 10. The normalized spacial score (nSPS) is 22.1.